The van der Waals surface area contributed by atoms with Gasteiger partial charge in [0.15, 0.2) is 0 Å². The van der Waals surface area contributed by atoms with Crippen molar-refractivity contribution in [1.29, 1.82) is 0 Å². The molecule has 3 rings (SSSR count). The summed E-state index contributed by atoms with van der Waals surface area (Å²) in [4.78, 5) is 2.40. The topological polar surface area (TPSA) is 12.5 Å². The zero-order valence-corrected chi connectivity index (χ0v) is 15.8. The third-order valence-corrected chi connectivity index (χ3v) is 5.38. The molecule has 0 N–H and O–H groups in total. The predicted molar refractivity (Wildman–Crippen MR) is 103 cm³/mol. The molecular weight excluding hydrogens is 365 g/mol. The maximum atomic E-state index is 6.48. The smallest absolute Gasteiger partial charge is 0.0557 e. The van der Waals surface area contributed by atoms with Gasteiger partial charge in [-0.05, 0) is 60.7 Å². The van der Waals surface area contributed by atoms with Crippen LogP contribution in [0.5, 0.6) is 0 Å². The molecule has 2 aromatic carbocycles. The number of nitrogens with zero attached hydrogens (tertiary/aromatic N) is 1. The summed E-state index contributed by atoms with van der Waals surface area (Å²) in [5.74, 6) is 0.507. The molecule has 1 saturated heterocycles. The largest absolute Gasteiger partial charge is 0.384 e. The fourth-order valence-corrected chi connectivity index (χ4v) is 4.09. The molecule has 0 aliphatic carbocycles. The van der Waals surface area contributed by atoms with E-state index in [-0.39, 0.29) is 6.04 Å². The monoisotopic (exact) mass is 383 g/mol. The lowest BCUT2D eigenvalue weighted by Crippen LogP contribution is -2.39. The lowest BCUT2D eigenvalue weighted by atomic mass is 9.88. The highest BCUT2D eigenvalue weighted by atomic mass is 35.5. The number of ether oxygens (including phenoxy) is 1. The molecule has 0 radical (unpaired) electrons. The summed E-state index contributed by atoms with van der Waals surface area (Å²) < 4.78 is 5.37. The van der Waals surface area contributed by atoms with Crippen LogP contribution in [0.2, 0.25) is 15.1 Å². The van der Waals surface area contributed by atoms with E-state index in [2.05, 4.69) is 17.0 Å². The van der Waals surface area contributed by atoms with Crippen LogP contribution in [0.15, 0.2) is 42.5 Å². The van der Waals surface area contributed by atoms with E-state index in [0.29, 0.717) is 10.9 Å². The first-order valence-corrected chi connectivity index (χ1v) is 9.18. The third-order valence-electron chi connectivity index (χ3n) is 4.56. The fourth-order valence-electron chi connectivity index (χ4n) is 3.43. The van der Waals surface area contributed by atoms with Crippen molar-refractivity contribution in [3.05, 3.63) is 63.1 Å². The standard InChI is InChI=1S/C19H20Cl3NO/c1-24-12-13-2-9-19(17-8-5-15(21)10-18(17)22)23(11-13)16-6-3-14(20)4-7-16/h3-8,10,13,19H,2,9,11-12H2,1H3/t13-,19+/m1/s1. The Morgan fingerprint density at radius 2 is 1.71 bits per heavy atom. The van der Waals surface area contributed by atoms with Crippen LogP contribution in [0.25, 0.3) is 0 Å². The molecule has 24 heavy (non-hydrogen) atoms. The van der Waals surface area contributed by atoms with Crippen LogP contribution in [0, 0.1) is 5.92 Å². The van der Waals surface area contributed by atoms with Crippen molar-refractivity contribution in [2.75, 3.05) is 25.2 Å². The molecule has 0 aromatic heterocycles. The molecule has 2 aromatic rings. The highest BCUT2D eigenvalue weighted by Gasteiger charge is 2.30. The molecule has 1 aliphatic heterocycles. The first-order chi connectivity index (χ1) is 11.6. The van der Waals surface area contributed by atoms with Crippen LogP contribution in [0.4, 0.5) is 5.69 Å². The van der Waals surface area contributed by atoms with Crippen molar-refractivity contribution >= 4 is 40.5 Å². The summed E-state index contributed by atoms with van der Waals surface area (Å²) in [5.41, 5.74) is 2.27. The van der Waals surface area contributed by atoms with Gasteiger partial charge in [0.1, 0.15) is 0 Å². The first kappa shape index (κ1) is 17.9. The van der Waals surface area contributed by atoms with Crippen molar-refractivity contribution in [3.8, 4) is 0 Å². The van der Waals surface area contributed by atoms with Gasteiger partial charge in [0, 0.05) is 34.4 Å². The first-order valence-electron chi connectivity index (χ1n) is 8.04. The number of hydrogen-bond acceptors (Lipinski definition) is 2. The summed E-state index contributed by atoms with van der Waals surface area (Å²) in [6, 6.07) is 14.0. The van der Waals surface area contributed by atoms with E-state index >= 15 is 0 Å². The minimum absolute atomic E-state index is 0.226. The number of rotatable bonds is 4. The Bertz CT molecular complexity index is 690. The number of piperidine rings is 1. The van der Waals surface area contributed by atoms with Gasteiger partial charge in [0.2, 0.25) is 0 Å². The zero-order valence-electron chi connectivity index (χ0n) is 13.5. The Kier molecular flexibility index (Phi) is 5.93. The van der Waals surface area contributed by atoms with Gasteiger partial charge in [-0.2, -0.15) is 0 Å². The Balaban J connectivity index is 1.94. The number of anilines is 1. The van der Waals surface area contributed by atoms with Crippen molar-refractivity contribution in [3.63, 3.8) is 0 Å². The van der Waals surface area contributed by atoms with E-state index in [1.807, 2.05) is 30.3 Å². The zero-order chi connectivity index (χ0) is 17.1. The van der Waals surface area contributed by atoms with Crippen LogP contribution < -0.4 is 4.90 Å². The Morgan fingerprint density at radius 1 is 1.00 bits per heavy atom. The summed E-state index contributed by atoms with van der Waals surface area (Å²) in [7, 11) is 1.76. The molecule has 1 aliphatic rings. The molecule has 1 heterocycles. The normalized spacial score (nSPS) is 21.1. The average molecular weight is 385 g/mol. The van der Waals surface area contributed by atoms with Crippen molar-refractivity contribution < 1.29 is 4.74 Å². The van der Waals surface area contributed by atoms with Crippen LogP contribution in [-0.4, -0.2) is 20.3 Å². The maximum Gasteiger partial charge on any atom is 0.0557 e. The molecule has 128 valence electrons. The van der Waals surface area contributed by atoms with E-state index in [0.717, 1.165) is 47.3 Å². The van der Waals surface area contributed by atoms with E-state index in [1.165, 1.54) is 0 Å². The minimum Gasteiger partial charge on any atom is -0.384 e. The van der Waals surface area contributed by atoms with Crippen LogP contribution in [0.3, 0.4) is 0 Å². The van der Waals surface area contributed by atoms with Gasteiger partial charge >= 0.3 is 0 Å². The van der Waals surface area contributed by atoms with Crippen molar-refractivity contribution in [2.45, 2.75) is 18.9 Å². The van der Waals surface area contributed by atoms with Gasteiger partial charge in [0.25, 0.3) is 0 Å². The SMILES string of the molecule is COC[C@@H]1CC[C@@H](c2ccc(Cl)cc2Cl)N(c2ccc(Cl)cc2)C1. The molecule has 0 saturated carbocycles. The second-order valence-electron chi connectivity index (χ2n) is 6.21. The van der Waals surface area contributed by atoms with Gasteiger partial charge in [-0.1, -0.05) is 40.9 Å². The number of methoxy groups -OCH3 is 1. The Labute approximate surface area is 158 Å². The Morgan fingerprint density at radius 3 is 2.38 bits per heavy atom. The molecular formula is C19H20Cl3NO. The highest BCUT2D eigenvalue weighted by molar-refractivity contribution is 6.35. The number of halogens is 3. The van der Waals surface area contributed by atoms with Crippen LogP contribution in [-0.2, 0) is 4.74 Å². The summed E-state index contributed by atoms with van der Waals surface area (Å²) in [6.07, 6.45) is 2.14. The van der Waals surface area contributed by atoms with Gasteiger partial charge < -0.3 is 9.64 Å². The van der Waals surface area contributed by atoms with E-state index in [9.17, 15) is 0 Å². The van der Waals surface area contributed by atoms with E-state index in [1.54, 1.807) is 7.11 Å². The summed E-state index contributed by atoms with van der Waals surface area (Å²) in [6.45, 7) is 1.70. The van der Waals surface area contributed by atoms with Crippen molar-refractivity contribution in [1.82, 2.24) is 0 Å². The van der Waals surface area contributed by atoms with Gasteiger partial charge in [-0.3, -0.25) is 0 Å². The highest BCUT2D eigenvalue weighted by Crippen LogP contribution is 2.40. The molecule has 0 unspecified atom stereocenters. The third kappa shape index (κ3) is 4.00. The average Bonchev–Trinajstić information content (AvgIpc) is 2.56. The molecule has 2 nitrogen and oxygen atoms in total. The van der Waals surface area contributed by atoms with Gasteiger partial charge in [-0.25, -0.2) is 0 Å². The number of benzene rings is 2. The fraction of sp³-hybridized carbons (Fsp3) is 0.368. The van der Waals surface area contributed by atoms with Crippen LogP contribution >= 0.6 is 34.8 Å². The molecule has 1 fully saturated rings. The maximum absolute atomic E-state index is 6.48. The number of hydrogen-bond donors (Lipinski definition) is 0. The molecule has 0 bridgehead atoms. The lowest BCUT2D eigenvalue weighted by molar-refractivity contribution is 0.137. The predicted octanol–water partition coefficient (Wildman–Crippen LogP) is 6.25. The quantitative estimate of drug-likeness (QED) is 0.617. The molecule has 2 atom stereocenters. The molecule has 0 spiro atoms. The van der Waals surface area contributed by atoms with E-state index < -0.39 is 0 Å². The summed E-state index contributed by atoms with van der Waals surface area (Å²) >= 11 is 18.6. The van der Waals surface area contributed by atoms with Crippen LogP contribution in [0.1, 0.15) is 24.4 Å². The van der Waals surface area contributed by atoms with Gasteiger partial charge in [-0.15, -0.1) is 0 Å². The second kappa shape index (κ2) is 7.97. The van der Waals surface area contributed by atoms with E-state index in [4.69, 9.17) is 39.5 Å². The lowest BCUT2D eigenvalue weighted by Gasteiger charge is -2.42. The molecule has 0 amide bonds. The van der Waals surface area contributed by atoms with Gasteiger partial charge in [0.05, 0.1) is 12.6 Å². The summed E-state index contributed by atoms with van der Waals surface area (Å²) in [5, 5.41) is 2.12. The second-order valence-corrected chi connectivity index (χ2v) is 7.49. The van der Waals surface area contributed by atoms with Crippen molar-refractivity contribution in [2.24, 2.45) is 5.92 Å². The molecule has 5 heteroatoms. The minimum atomic E-state index is 0.226. The Hall–Kier alpha value is -0.930.